The fraction of sp³-hybridized carbons (Fsp3) is 0.611. The second-order valence-corrected chi connectivity index (χ2v) is 6.92. The smallest absolute Gasteiger partial charge is 0.240 e. The van der Waals surface area contributed by atoms with Gasteiger partial charge in [-0.25, -0.2) is 0 Å². The number of ether oxygens (including phenoxy) is 1. The van der Waals surface area contributed by atoms with E-state index >= 15 is 0 Å². The lowest BCUT2D eigenvalue weighted by atomic mass is 9.54. The van der Waals surface area contributed by atoms with Crippen LogP contribution in [0, 0.1) is 12.3 Å². The van der Waals surface area contributed by atoms with Crippen LogP contribution in [0.5, 0.6) is 0 Å². The van der Waals surface area contributed by atoms with Crippen molar-refractivity contribution in [3.05, 3.63) is 35.4 Å². The van der Waals surface area contributed by atoms with Crippen molar-refractivity contribution < 1.29 is 14.6 Å². The van der Waals surface area contributed by atoms with Crippen LogP contribution >= 0.6 is 0 Å². The number of aliphatic hydroxyl groups is 1. The molecule has 0 heterocycles. The molecule has 4 N–H and O–H groups in total. The third kappa shape index (κ3) is 3.13. The van der Waals surface area contributed by atoms with Gasteiger partial charge in [-0.1, -0.05) is 38.1 Å². The molecule has 1 aromatic carbocycles. The average molecular weight is 320 g/mol. The van der Waals surface area contributed by atoms with E-state index < -0.39 is 17.1 Å². The summed E-state index contributed by atoms with van der Waals surface area (Å²) in [5.41, 5.74) is 6.75. The first-order chi connectivity index (χ1) is 10.7. The SMILES string of the molecule is CCOC1CC(N)(C(=O)NCC(O)c2ccccc2C)C1(C)C. The average Bonchev–Trinajstić information content (AvgIpc) is 2.52. The lowest BCUT2D eigenvalue weighted by molar-refractivity contribution is -0.170. The topological polar surface area (TPSA) is 84.6 Å². The second-order valence-electron chi connectivity index (χ2n) is 6.92. The number of hydrogen-bond acceptors (Lipinski definition) is 4. The van der Waals surface area contributed by atoms with Gasteiger partial charge >= 0.3 is 0 Å². The van der Waals surface area contributed by atoms with E-state index in [-0.39, 0.29) is 18.6 Å². The zero-order valence-corrected chi connectivity index (χ0v) is 14.4. The number of nitrogens with one attached hydrogen (secondary N) is 1. The fourth-order valence-corrected chi connectivity index (χ4v) is 3.24. The number of carbonyl (C=O) groups excluding carboxylic acids is 1. The Kier molecular flexibility index (Phi) is 5.14. The van der Waals surface area contributed by atoms with Crippen molar-refractivity contribution in [2.75, 3.05) is 13.2 Å². The Bertz CT molecular complexity index is 573. The van der Waals surface area contributed by atoms with E-state index in [1.807, 2.05) is 52.0 Å². The number of rotatable bonds is 6. The highest BCUT2D eigenvalue weighted by Crippen LogP contribution is 2.49. The van der Waals surface area contributed by atoms with Gasteiger partial charge < -0.3 is 20.9 Å². The molecule has 1 aliphatic rings. The largest absolute Gasteiger partial charge is 0.387 e. The quantitative estimate of drug-likeness (QED) is 0.744. The highest BCUT2D eigenvalue weighted by molar-refractivity contribution is 5.88. The molecule has 0 spiro atoms. The lowest BCUT2D eigenvalue weighted by Crippen LogP contribution is -2.75. The Balaban J connectivity index is 1.97. The molecule has 3 atom stereocenters. The predicted molar refractivity (Wildman–Crippen MR) is 89.9 cm³/mol. The van der Waals surface area contributed by atoms with Gasteiger partial charge in [-0.15, -0.1) is 0 Å². The molecule has 1 amide bonds. The fourth-order valence-electron chi connectivity index (χ4n) is 3.24. The van der Waals surface area contributed by atoms with Crippen molar-refractivity contribution in [1.82, 2.24) is 5.32 Å². The summed E-state index contributed by atoms with van der Waals surface area (Å²) in [7, 11) is 0. The maximum atomic E-state index is 12.5. The van der Waals surface area contributed by atoms with Gasteiger partial charge in [0.05, 0.1) is 12.2 Å². The van der Waals surface area contributed by atoms with E-state index in [1.165, 1.54) is 0 Å². The maximum Gasteiger partial charge on any atom is 0.240 e. The van der Waals surface area contributed by atoms with Crippen LogP contribution in [0.1, 0.15) is 44.4 Å². The van der Waals surface area contributed by atoms with Gasteiger partial charge in [0.1, 0.15) is 5.54 Å². The molecule has 1 aliphatic carbocycles. The van der Waals surface area contributed by atoms with Gasteiger partial charge in [0.2, 0.25) is 5.91 Å². The summed E-state index contributed by atoms with van der Waals surface area (Å²) < 4.78 is 5.64. The number of aryl methyl sites for hydroxylation is 1. The molecule has 1 saturated carbocycles. The zero-order valence-electron chi connectivity index (χ0n) is 14.4. The van der Waals surface area contributed by atoms with Gasteiger partial charge in [0, 0.05) is 25.0 Å². The number of hydrogen-bond donors (Lipinski definition) is 3. The van der Waals surface area contributed by atoms with E-state index in [1.54, 1.807) is 0 Å². The summed E-state index contributed by atoms with van der Waals surface area (Å²) >= 11 is 0. The zero-order chi connectivity index (χ0) is 17.3. The number of aliphatic hydroxyl groups excluding tert-OH is 1. The van der Waals surface area contributed by atoms with Crippen LogP contribution in [0.15, 0.2) is 24.3 Å². The minimum absolute atomic E-state index is 0.00968. The molecule has 1 fully saturated rings. The molecule has 0 aromatic heterocycles. The molecular formula is C18H28N2O3. The maximum absolute atomic E-state index is 12.5. The van der Waals surface area contributed by atoms with Crippen molar-refractivity contribution in [1.29, 1.82) is 0 Å². The predicted octanol–water partition coefficient (Wildman–Crippen LogP) is 1.68. The summed E-state index contributed by atoms with van der Waals surface area (Å²) in [6, 6.07) is 7.60. The summed E-state index contributed by atoms with van der Waals surface area (Å²) in [5.74, 6) is -0.230. The molecule has 0 aliphatic heterocycles. The third-order valence-electron chi connectivity index (χ3n) is 5.24. The normalized spacial score (nSPS) is 27.1. The minimum atomic E-state index is -0.960. The van der Waals surface area contributed by atoms with Crippen LogP contribution in [0.2, 0.25) is 0 Å². The number of carbonyl (C=O) groups is 1. The van der Waals surface area contributed by atoms with Crippen LogP contribution in [-0.4, -0.2) is 35.8 Å². The Morgan fingerprint density at radius 2 is 2.13 bits per heavy atom. The highest BCUT2D eigenvalue weighted by atomic mass is 16.5. The molecule has 2 rings (SSSR count). The van der Waals surface area contributed by atoms with Crippen molar-refractivity contribution in [3.63, 3.8) is 0 Å². The van der Waals surface area contributed by atoms with Gasteiger partial charge in [-0.2, -0.15) is 0 Å². The van der Waals surface area contributed by atoms with Crippen LogP contribution in [0.4, 0.5) is 0 Å². The van der Waals surface area contributed by atoms with Crippen molar-refractivity contribution in [2.45, 2.75) is 51.9 Å². The Morgan fingerprint density at radius 1 is 1.48 bits per heavy atom. The number of amides is 1. The molecule has 0 radical (unpaired) electrons. The number of benzene rings is 1. The van der Waals surface area contributed by atoms with E-state index in [4.69, 9.17) is 10.5 Å². The molecule has 0 saturated heterocycles. The molecule has 23 heavy (non-hydrogen) atoms. The lowest BCUT2D eigenvalue weighted by Gasteiger charge is -2.57. The first-order valence-electron chi connectivity index (χ1n) is 8.16. The van der Waals surface area contributed by atoms with E-state index in [2.05, 4.69) is 5.32 Å². The molecule has 5 nitrogen and oxygen atoms in total. The van der Waals surface area contributed by atoms with Crippen molar-refractivity contribution >= 4 is 5.91 Å². The van der Waals surface area contributed by atoms with Crippen molar-refractivity contribution in [3.8, 4) is 0 Å². The number of nitrogens with two attached hydrogens (primary N) is 1. The van der Waals surface area contributed by atoms with Crippen LogP contribution in [0.25, 0.3) is 0 Å². The van der Waals surface area contributed by atoms with Crippen LogP contribution < -0.4 is 11.1 Å². The first kappa shape index (κ1) is 17.9. The third-order valence-corrected chi connectivity index (χ3v) is 5.24. The Hall–Kier alpha value is -1.43. The van der Waals surface area contributed by atoms with Crippen molar-refractivity contribution in [2.24, 2.45) is 11.1 Å². The van der Waals surface area contributed by atoms with E-state index in [0.717, 1.165) is 11.1 Å². The van der Waals surface area contributed by atoms with Gasteiger partial charge in [-0.05, 0) is 25.0 Å². The Morgan fingerprint density at radius 3 is 2.70 bits per heavy atom. The summed E-state index contributed by atoms with van der Waals surface area (Å²) in [5, 5.41) is 13.1. The molecule has 3 unspecified atom stereocenters. The molecule has 1 aromatic rings. The molecule has 0 bridgehead atoms. The minimum Gasteiger partial charge on any atom is -0.387 e. The summed E-state index contributed by atoms with van der Waals surface area (Å²) in [6.45, 7) is 8.54. The molecular weight excluding hydrogens is 292 g/mol. The Labute approximate surface area is 138 Å². The van der Waals surface area contributed by atoms with Crippen LogP contribution in [0.3, 0.4) is 0 Å². The molecule has 128 valence electrons. The van der Waals surface area contributed by atoms with E-state index in [0.29, 0.717) is 13.0 Å². The van der Waals surface area contributed by atoms with E-state index in [9.17, 15) is 9.90 Å². The van der Waals surface area contributed by atoms with Crippen LogP contribution in [-0.2, 0) is 9.53 Å². The second kappa shape index (κ2) is 6.59. The standard InChI is InChI=1S/C18H28N2O3/c1-5-23-15-10-18(19,17(15,3)4)16(22)20-11-14(21)13-9-7-6-8-12(13)2/h6-9,14-15,21H,5,10-11,19H2,1-4H3,(H,20,22). The summed E-state index contributed by atoms with van der Waals surface area (Å²) in [4.78, 5) is 12.5. The van der Waals surface area contributed by atoms with Gasteiger partial charge in [0.25, 0.3) is 0 Å². The highest BCUT2D eigenvalue weighted by Gasteiger charge is 2.62. The monoisotopic (exact) mass is 320 g/mol. The summed E-state index contributed by atoms with van der Waals surface area (Å²) in [6.07, 6.45) is -0.251. The first-order valence-corrected chi connectivity index (χ1v) is 8.16. The molecule has 5 heteroatoms. The van der Waals surface area contributed by atoms with Gasteiger partial charge in [-0.3, -0.25) is 4.79 Å². The van der Waals surface area contributed by atoms with Gasteiger partial charge in [0.15, 0.2) is 0 Å².